The van der Waals surface area contributed by atoms with E-state index in [2.05, 4.69) is 62.3 Å². The van der Waals surface area contributed by atoms with E-state index in [0.717, 1.165) is 55.3 Å². The van der Waals surface area contributed by atoms with Crippen LogP contribution in [0.5, 0.6) is 0 Å². The predicted octanol–water partition coefficient (Wildman–Crippen LogP) is 12.5. The third-order valence-corrected chi connectivity index (χ3v) is 12.4. The maximum absolute atomic E-state index is 12.3. The molecule has 0 aliphatic rings. The number of hydrogen-bond acceptors (Lipinski definition) is 7. The third-order valence-electron chi connectivity index (χ3n) is 11.4. The van der Waals surface area contributed by atoms with E-state index in [0.29, 0.717) is 31.5 Å². The van der Waals surface area contributed by atoms with Gasteiger partial charge in [0.25, 0.3) is 0 Å². The zero-order valence-corrected chi connectivity index (χ0v) is 38.4. The average Bonchev–Trinajstić information content (AvgIpc) is 3.07. The minimum absolute atomic E-state index is 0.0662. The lowest BCUT2D eigenvalue weighted by Gasteiger charge is -2.26. The molecule has 0 aliphatic carbocycles. The van der Waals surface area contributed by atoms with Gasteiger partial charge in [0.05, 0.1) is 25.4 Å². The second-order valence-corrected chi connectivity index (χ2v) is 20.3. The van der Waals surface area contributed by atoms with Crippen molar-refractivity contribution in [3.8, 4) is 0 Å². The van der Waals surface area contributed by atoms with Gasteiger partial charge in [0.15, 0.2) is 0 Å². The molecule has 4 N–H and O–H groups in total. The Balaban J connectivity index is 4.49. The van der Waals surface area contributed by atoms with Crippen molar-refractivity contribution in [3.63, 3.8) is 0 Å². The minimum Gasteiger partial charge on any atom is -0.390 e. The number of ether oxygens (including phenoxy) is 2. The van der Waals surface area contributed by atoms with Crippen molar-refractivity contribution in [2.24, 2.45) is 47.2 Å². The van der Waals surface area contributed by atoms with E-state index in [1.807, 2.05) is 6.92 Å². The first-order chi connectivity index (χ1) is 25.4. The molecule has 0 spiro atoms. The molecule has 0 bridgehead atoms. The van der Waals surface area contributed by atoms with Gasteiger partial charge in [-0.25, -0.2) is 4.57 Å². The van der Waals surface area contributed by atoms with E-state index in [-0.39, 0.29) is 26.4 Å². The summed E-state index contributed by atoms with van der Waals surface area (Å²) in [6.45, 7) is 24.0. The van der Waals surface area contributed by atoms with Crippen LogP contribution in [0.2, 0.25) is 0 Å². The Morgan fingerprint density at radius 3 is 1.37 bits per heavy atom. The fourth-order valence-corrected chi connectivity index (χ4v) is 8.11. The number of aliphatic hydroxyl groups is 1. The van der Waals surface area contributed by atoms with E-state index in [1.54, 1.807) is 0 Å². The second-order valence-electron chi connectivity index (χ2n) is 18.8. The van der Waals surface area contributed by atoms with E-state index < -0.39 is 19.5 Å². The maximum atomic E-state index is 12.3. The van der Waals surface area contributed by atoms with Gasteiger partial charge in [-0.05, 0) is 67.6 Å². The molecule has 0 fully saturated rings. The predicted molar refractivity (Wildman–Crippen MR) is 230 cm³/mol. The Morgan fingerprint density at radius 2 is 0.944 bits per heavy atom. The summed E-state index contributed by atoms with van der Waals surface area (Å²) < 4.78 is 34.5. The molecule has 0 aromatic heterocycles. The lowest BCUT2D eigenvalue weighted by Crippen LogP contribution is -2.31. The molecule has 0 aliphatic heterocycles. The molecule has 7 unspecified atom stereocenters. The van der Waals surface area contributed by atoms with Gasteiger partial charge in [-0.3, -0.25) is 9.05 Å². The molecule has 9 heteroatoms. The van der Waals surface area contributed by atoms with Crippen LogP contribution in [0, 0.1) is 41.4 Å². The van der Waals surface area contributed by atoms with Crippen LogP contribution in [0.3, 0.4) is 0 Å². The standard InChI is InChI=1S/C45H94NO7P/c1-37(2)17-11-19-39(5)21-13-23-41(7)24-15-26-43(9)28-32-50-35-44(36-53-54(48,49)52-34-31-46)51-33-30-45(10,47)29-16-27-42(8)25-14-22-40(6)20-12-18-38(3)4/h37-44,47H,11-36,46H2,1-10H3,(H,48,49)/t39?,40?,41?,42?,43?,44-,45?/m0/s1. The van der Waals surface area contributed by atoms with Gasteiger partial charge in [-0.15, -0.1) is 0 Å². The van der Waals surface area contributed by atoms with Crippen LogP contribution in [-0.2, 0) is 23.1 Å². The SMILES string of the molecule is CC(C)CCCC(C)CCCC(C)CCCC(C)CCOC[C@@H](COP(=O)(O)OCCN)OCCC(C)(O)CCCC(C)CCCC(C)CCCC(C)C. The van der Waals surface area contributed by atoms with Crippen molar-refractivity contribution in [3.05, 3.63) is 0 Å². The highest BCUT2D eigenvalue weighted by atomic mass is 31.2. The summed E-state index contributed by atoms with van der Waals surface area (Å²) in [5.74, 6) is 5.29. The van der Waals surface area contributed by atoms with Crippen molar-refractivity contribution in [1.82, 2.24) is 0 Å². The largest absolute Gasteiger partial charge is 0.472 e. The van der Waals surface area contributed by atoms with Gasteiger partial charge in [-0.2, -0.15) is 0 Å². The molecule has 0 radical (unpaired) electrons. The number of phosphoric ester groups is 1. The lowest BCUT2D eigenvalue weighted by molar-refractivity contribution is -0.0644. The van der Waals surface area contributed by atoms with Crippen molar-refractivity contribution >= 4 is 7.82 Å². The first-order valence-corrected chi connectivity index (χ1v) is 24.2. The molecule has 8 atom stereocenters. The normalized spacial score (nSPS) is 18.0. The zero-order chi connectivity index (χ0) is 40.8. The van der Waals surface area contributed by atoms with E-state index >= 15 is 0 Å². The van der Waals surface area contributed by atoms with Gasteiger partial charge in [0.2, 0.25) is 0 Å². The van der Waals surface area contributed by atoms with Crippen molar-refractivity contribution in [2.45, 2.75) is 209 Å². The number of hydrogen-bond donors (Lipinski definition) is 3. The van der Waals surface area contributed by atoms with Crippen molar-refractivity contribution in [2.75, 3.05) is 39.6 Å². The molecule has 54 heavy (non-hydrogen) atoms. The smallest absolute Gasteiger partial charge is 0.390 e. The van der Waals surface area contributed by atoms with E-state index in [4.69, 9.17) is 24.3 Å². The van der Waals surface area contributed by atoms with Crippen LogP contribution in [0.25, 0.3) is 0 Å². The van der Waals surface area contributed by atoms with Gasteiger partial charge in [0, 0.05) is 19.8 Å². The highest BCUT2D eigenvalue weighted by molar-refractivity contribution is 7.47. The van der Waals surface area contributed by atoms with Crippen molar-refractivity contribution < 1.29 is 33.1 Å². The van der Waals surface area contributed by atoms with Crippen LogP contribution >= 0.6 is 7.82 Å². The summed E-state index contributed by atoms with van der Waals surface area (Å²) in [6, 6.07) is 0. The first kappa shape index (κ1) is 53.9. The Morgan fingerprint density at radius 1 is 0.537 bits per heavy atom. The van der Waals surface area contributed by atoms with E-state index in [9.17, 15) is 14.6 Å². The van der Waals surface area contributed by atoms with Gasteiger partial charge < -0.3 is 25.2 Å². The molecule has 0 rings (SSSR count). The number of rotatable bonds is 39. The Hall–Kier alpha value is -0.0500. The zero-order valence-electron chi connectivity index (χ0n) is 37.5. The topological polar surface area (TPSA) is 120 Å². The van der Waals surface area contributed by atoms with Crippen LogP contribution in [0.4, 0.5) is 0 Å². The first-order valence-electron chi connectivity index (χ1n) is 22.7. The molecule has 8 nitrogen and oxygen atoms in total. The number of nitrogens with two attached hydrogens (primary N) is 1. The van der Waals surface area contributed by atoms with Gasteiger partial charge in [-0.1, -0.05) is 171 Å². The fourth-order valence-electron chi connectivity index (χ4n) is 7.34. The molecule has 0 aromatic carbocycles. The van der Waals surface area contributed by atoms with Crippen LogP contribution in [-0.4, -0.2) is 61.3 Å². The summed E-state index contributed by atoms with van der Waals surface area (Å²) in [5.41, 5.74) is 4.58. The summed E-state index contributed by atoms with van der Waals surface area (Å²) in [4.78, 5) is 10.0. The molecule has 326 valence electrons. The summed E-state index contributed by atoms with van der Waals surface area (Å²) in [7, 11) is -4.24. The van der Waals surface area contributed by atoms with Crippen molar-refractivity contribution in [1.29, 1.82) is 0 Å². The Bertz CT molecular complexity index is 888. The summed E-state index contributed by atoms with van der Waals surface area (Å²) >= 11 is 0. The summed E-state index contributed by atoms with van der Waals surface area (Å²) in [6.07, 6.45) is 23.4. The average molecular weight is 792 g/mol. The maximum Gasteiger partial charge on any atom is 0.472 e. The second kappa shape index (κ2) is 32.9. The van der Waals surface area contributed by atoms with Crippen LogP contribution in [0.1, 0.15) is 198 Å². The summed E-state index contributed by atoms with van der Waals surface area (Å²) in [5, 5.41) is 11.1. The monoisotopic (exact) mass is 792 g/mol. The van der Waals surface area contributed by atoms with Gasteiger partial charge >= 0.3 is 7.82 Å². The molecular formula is C45H94NO7P. The fraction of sp³-hybridized carbons (Fsp3) is 1.00. The van der Waals surface area contributed by atoms with Crippen LogP contribution < -0.4 is 5.73 Å². The molecule has 0 saturated carbocycles. The van der Waals surface area contributed by atoms with E-state index in [1.165, 1.54) is 96.3 Å². The molecule has 0 saturated heterocycles. The van der Waals surface area contributed by atoms with Crippen LogP contribution in [0.15, 0.2) is 0 Å². The quantitative estimate of drug-likeness (QED) is 0.0416. The Kier molecular flexibility index (Phi) is 32.8. The molecule has 0 heterocycles. The van der Waals surface area contributed by atoms with Gasteiger partial charge in [0.1, 0.15) is 6.10 Å². The number of phosphoric acid groups is 1. The highest BCUT2D eigenvalue weighted by Gasteiger charge is 2.25. The highest BCUT2D eigenvalue weighted by Crippen LogP contribution is 2.43. The molecule has 0 amide bonds. The molecular weight excluding hydrogens is 697 g/mol. The molecule has 0 aromatic rings. The Labute approximate surface area is 336 Å². The third kappa shape index (κ3) is 35.1. The minimum atomic E-state index is -4.24. The lowest BCUT2D eigenvalue weighted by atomic mass is 9.89.